The lowest BCUT2D eigenvalue weighted by molar-refractivity contribution is -0.122. The Morgan fingerprint density at radius 1 is 1.62 bits per heavy atom. The van der Waals surface area contributed by atoms with Crippen LogP contribution < -0.4 is 10.6 Å². The third kappa shape index (κ3) is 6.03. The van der Waals surface area contributed by atoms with Crippen molar-refractivity contribution in [3.05, 3.63) is 18.0 Å². The summed E-state index contributed by atoms with van der Waals surface area (Å²) in [7, 11) is 0. The first-order valence-corrected chi connectivity index (χ1v) is 7.38. The highest BCUT2D eigenvalue weighted by Crippen LogP contribution is 2.21. The van der Waals surface area contributed by atoms with E-state index in [0.29, 0.717) is 25.7 Å². The van der Waals surface area contributed by atoms with Gasteiger partial charge in [-0.3, -0.25) is 9.48 Å². The van der Waals surface area contributed by atoms with Gasteiger partial charge in [-0.05, 0) is 32.4 Å². The van der Waals surface area contributed by atoms with Crippen molar-refractivity contribution >= 4 is 18.3 Å². The fourth-order valence-corrected chi connectivity index (χ4v) is 2.40. The molecule has 1 atom stereocenters. The number of aromatic nitrogens is 2. The lowest BCUT2D eigenvalue weighted by Gasteiger charge is -2.20. The second kappa shape index (κ2) is 9.76. The van der Waals surface area contributed by atoms with Gasteiger partial charge in [0.2, 0.25) is 5.91 Å². The number of carbonyl (C=O) groups excluding carboxylic acids is 1. The van der Waals surface area contributed by atoms with Gasteiger partial charge in [0.15, 0.2) is 0 Å². The van der Waals surface area contributed by atoms with E-state index in [1.54, 1.807) is 4.68 Å². The van der Waals surface area contributed by atoms with E-state index in [1.807, 2.05) is 19.2 Å². The number of ether oxygens (including phenoxy) is 1. The summed E-state index contributed by atoms with van der Waals surface area (Å²) in [5.74, 6) is 0.451. The van der Waals surface area contributed by atoms with Gasteiger partial charge in [-0.25, -0.2) is 0 Å². The predicted octanol–water partition coefficient (Wildman–Crippen LogP) is 0.925. The summed E-state index contributed by atoms with van der Waals surface area (Å²) in [6.07, 6.45) is 4.24. The number of hydrogen-bond donors (Lipinski definition) is 2. The lowest BCUT2D eigenvalue weighted by Crippen LogP contribution is -2.31. The smallest absolute Gasteiger partial charge is 0.241 e. The van der Waals surface area contributed by atoms with Crippen LogP contribution in [0, 0.1) is 0 Å². The molecule has 0 saturated carbocycles. The van der Waals surface area contributed by atoms with Crippen LogP contribution in [0.2, 0.25) is 0 Å². The van der Waals surface area contributed by atoms with E-state index in [9.17, 15) is 4.79 Å². The monoisotopic (exact) mass is 316 g/mol. The van der Waals surface area contributed by atoms with Gasteiger partial charge in [0.1, 0.15) is 6.54 Å². The second-order valence-corrected chi connectivity index (χ2v) is 5.03. The van der Waals surface area contributed by atoms with Crippen molar-refractivity contribution < 1.29 is 9.53 Å². The van der Waals surface area contributed by atoms with E-state index in [-0.39, 0.29) is 24.9 Å². The molecule has 0 radical (unpaired) electrons. The molecule has 6 nitrogen and oxygen atoms in total. The SMILES string of the molecule is CCOCCNC(=O)Cn1ccc(C2CCCNC2)n1.Cl. The normalized spacial score (nSPS) is 18.0. The van der Waals surface area contributed by atoms with Crippen LogP contribution in [0.1, 0.15) is 31.4 Å². The van der Waals surface area contributed by atoms with Crippen LogP contribution in [0.25, 0.3) is 0 Å². The lowest BCUT2D eigenvalue weighted by atomic mass is 9.97. The summed E-state index contributed by atoms with van der Waals surface area (Å²) < 4.78 is 6.88. The Labute approximate surface area is 132 Å². The molecule has 1 aromatic heterocycles. The van der Waals surface area contributed by atoms with Gasteiger partial charge < -0.3 is 15.4 Å². The number of hydrogen-bond acceptors (Lipinski definition) is 4. The number of nitrogens with one attached hydrogen (secondary N) is 2. The van der Waals surface area contributed by atoms with Gasteiger partial charge in [0.05, 0.1) is 12.3 Å². The Hall–Kier alpha value is -1.11. The van der Waals surface area contributed by atoms with Crippen molar-refractivity contribution in [2.24, 2.45) is 0 Å². The molecule has 0 aliphatic carbocycles. The number of carbonyl (C=O) groups is 1. The summed E-state index contributed by atoms with van der Waals surface area (Å²) in [5.41, 5.74) is 1.08. The van der Waals surface area contributed by atoms with Crippen LogP contribution in [0.4, 0.5) is 0 Å². The molecule has 2 rings (SSSR count). The topological polar surface area (TPSA) is 68.2 Å². The average Bonchev–Trinajstić information content (AvgIpc) is 2.93. The molecule has 1 aliphatic rings. The molecule has 1 fully saturated rings. The molecule has 7 heteroatoms. The Balaban J connectivity index is 0.00000220. The number of nitrogens with zero attached hydrogens (tertiary/aromatic N) is 2. The van der Waals surface area contributed by atoms with Crippen molar-refractivity contribution in [2.75, 3.05) is 32.8 Å². The zero-order valence-corrected chi connectivity index (χ0v) is 13.3. The maximum absolute atomic E-state index is 11.7. The van der Waals surface area contributed by atoms with Gasteiger partial charge in [-0.15, -0.1) is 12.4 Å². The molecular weight excluding hydrogens is 292 g/mol. The third-order valence-corrected chi connectivity index (χ3v) is 3.45. The summed E-state index contributed by atoms with van der Waals surface area (Å²) in [6, 6.07) is 2.02. The molecule has 21 heavy (non-hydrogen) atoms. The number of rotatable bonds is 7. The number of piperidine rings is 1. The summed E-state index contributed by atoms with van der Waals surface area (Å²) in [4.78, 5) is 11.7. The maximum atomic E-state index is 11.7. The van der Waals surface area contributed by atoms with E-state index < -0.39 is 0 Å². The first-order chi connectivity index (χ1) is 9.79. The molecule has 0 aromatic carbocycles. The summed E-state index contributed by atoms with van der Waals surface area (Å²) >= 11 is 0. The Morgan fingerprint density at radius 2 is 2.48 bits per heavy atom. The molecule has 1 amide bonds. The van der Waals surface area contributed by atoms with Crippen molar-refractivity contribution in [3.8, 4) is 0 Å². The van der Waals surface area contributed by atoms with Crippen LogP contribution in [0.15, 0.2) is 12.3 Å². The molecule has 0 spiro atoms. The second-order valence-electron chi connectivity index (χ2n) is 5.03. The van der Waals surface area contributed by atoms with Gasteiger partial charge in [0, 0.05) is 31.8 Å². The standard InChI is InChI=1S/C14H24N4O2.ClH/c1-2-20-9-7-16-14(19)11-18-8-5-13(17-18)12-4-3-6-15-10-12;/h5,8,12,15H,2-4,6-7,9-11H2,1H3,(H,16,19);1H. The minimum atomic E-state index is -0.0267. The molecule has 1 unspecified atom stereocenters. The van der Waals surface area contributed by atoms with Crippen LogP contribution in [-0.2, 0) is 16.1 Å². The zero-order valence-electron chi connectivity index (χ0n) is 12.5. The predicted molar refractivity (Wildman–Crippen MR) is 83.8 cm³/mol. The van der Waals surface area contributed by atoms with E-state index in [4.69, 9.17) is 4.74 Å². The van der Waals surface area contributed by atoms with Gasteiger partial charge in [0.25, 0.3) is 0 Å². The third-order valence-electron chi connectivity index (χ3n) is 3.45. The van der Waals surface area contributed by atoms with Crippen LogP contribution in [0.5, 0.6) is 0 Å². The van der Waals surface area contributed by atoms with Crippen molar-refractivity contribution in [1.82, 2.24) is 20.4 Å². The highest BCUT2D eigenvalue weighted by Gasteiger charge is 2.17. The molecule has 120 valence electrons. The first kappa shape index (κ1) is 17.9. The highest BCUT2D eigenvalue weighted by molar-refractivity contribution is 5.85. The summed E-state index contributed by atoms with van der Waals surface area (Å²) in [5, 5.41) is 10.7. The van der Waals surface area contributed by atoms with E-state index in [0.717, 1.165) is 18.8 Å². The Kier molecular flexibility index (Phi) is 8.34. The zero-order chi connectivity index (χ0) is 14.2. The number of amides is 1. The maximum Gasteiger partial charge on any atom is 0.241 e. The molecule has 1 saturated heterocycles. The number of halogens is 1. The first-order valence-electron chi connectivity index (χ1n) is 7.38. The van der Waals surface area contributed by atoms with E-state index >= 15 is 0 Å². The molecular formula is C14H25ClN4O2. The Morgan fingerprint density at radius 3 is 3.19 bits per heavy atom. The van der Waals surface area contributed by atoms with Crippen LogP contribution in [-0.4, -0.2) is 48.5 Å². The fraction of sp³-hybridized carbons (Fsp3) is 0.714. The van der Waals surface area contributed by atoms with Gasteiger partial charge in [-0.2, -0.15) is 5.10 Å². The molecule has 1 aromatic rings. The molecule has 2 N–H and O–H groups in total. The average molecular weight is 317 g/mol. The summed E-state index contributed by atoms with van der Waals surface area (Å²) in [6.45, 7) is 6.07. The Bertz CT molecular complexity index is 419. The van der Waals surface area contributed by atoms with Crippen LogP contribution in [0.3, 0.4) is 0 Å². The quantitative estimate of drug-likeness (QED) is 0.734. The van der Waals surface area contributed by atoms with Gasteiger partial charge in [-0.1, -0.05) is 0 Å². The molecule has 0 bridgehead atoms. The minimum Gasteiger partial charge on any atom is -0.380 e. The van der Waals surface area contributed by atoms with Crippen molar-refractivity contribution in [1.29, 1.82) is 0 Å². The largest absolute Gasteiger partial charge is 0.380 e. The minimum absolute atomic E-state index is 0. The van der Waals surface area contributed by atoms with Gasteiger partial charge >= 0.3 is 0 Å². The van der Waals surface area contributed by atoms with E-state index in [2.05, 4.69) is 15.7 Å². The van der Waals surface area contributed by atoms with Crippen molar-refractivity contribution in [2.45, 2.75) is 32.2 Å². The highest BCUT2D eigenvalue weighted by atomic mass is 35.5. The molecule has 1 aliphatic heterocycles. The van der Waals surface area contributed by atoms with E-state index in [1.165, 1.54) is 12.8 Å². The van der Waals surface area contributed by atoms with Crippen LogP contribution >= 0.6 is 12.4 Å². The molecule has 2 heterocycles. The fourth-order valence-electron chi connectivity index (χ4n) is 2.40. The van der Waals surface area contributed by atoms with Crippen molar-refractivity contribution in [3.63, 3.8) is 0 Å².